The summed E-state index contributed by atoms with van der Waals surface area (Å²) in [5, 5.41) is 10.7. The average Bonchev–Trinajstić information content (AvgIpc) is 2.59. The van der Waals surface area contributed by atoms with Gasteiger partial charge in [-0.15, -0.1) is 11.3 Å². The zero-order valence-corrected chi connectivity index (χ0v) is 10.4. The lowest BCUT2D eigenvalue weighted by molar-refractivity contribution is 0.154. The summed E-state index contributed by atoms with van der Waals surface area (Å²) in [5.74, 6) is 5.61. The van der Waals surface area contributed by atoms with Crippen molar-refractivity contribution < 1.29 is 5.11 Å². The maximum absolute atomic E-state index is 8.61. The lowest BCUT2D eigenvalue weighted by Gasteiger charge is -2.34. The molecule has 2 rings (SSSR count). The van der Waals surface area contributed by atoms with Gasteiger partial charge in [0.05, 0.1) is 0 Å². The van der Waals surface area contributed by atoms with Crippen molar-refractivity contribution in [3.8, 4) is 11.8 Å². The van der Waals surface area contributed by atoms with Crippen molar-refractivity contribution in [2.24, 2.45) is 0 Å². The highest BCUT2D eigenvalue weighted by atomic mass is 32.1. The largest absolute Gasteiger partial charge is 0.384 e. The second-order valence-electron chi connectivity index (χ2n) is 4.26. The number of hydrogen-bond acceptors (Lipinski definition) is 3. The Balaban J connectivity index is 1.91. The van der Waals surface area contributed by atoms with Crippen LogP contribution in [0.4, 0.5) is 0 Å². The summed E-state index contributed by atoms with van der Waals surface area (Å²) in [6, 6.07) is 2.91. The molecule has 0 spiro atoms. The number of hydrogen-bond donors (Lipinski definition) is 1. The smallest absolute Gasteiger partial charge is 0.104 e. The standard InChI is InChI=1S/C13H17NOS/c1-14(12-5-2-6-12)9-13-8-11(10-16-13)4-3-7-15/h8,10,12,15H,2,5-7,9H2,1H3. The molecular formula is C13H17NOS. The van der Waals surface area contributed by atoms with Crippen LogP contribution in [0.15, 0.2) is 11.4 Å². The molecule has 1 N–H and O–H groups in total. The summed E-state index contributed by atoms with van der Waals surface area (Å²) in [7, 11) is 2.20. The molecule has 86 valence electrons. The molecule has 1 aliphatic carbocycles. The Morgan fingerprint density at radius 2 is 2.38 bits per heavy atom. The Morgan fingerprint density at radius 1 is 1.56 bits per heavy atom. The summed E-state index contributed by atoms with van der Waals surface area (Å²) in [4.78, 5) is 3.79. The Bertz CT molecular complexity index is 398. The quantitative estimate of drug-likeness (QED) is 0.811. The third-order valence-electron chi connectivity index (χ3n) is 3.07. The van der Waals surface area contributed by atoms with Crippen molar-refractivity contribution in [3.05, 3.63) is 21.9 Å². The average molecular weight is 235 g/mol. The first kappa shape index (κ1) is 11.7. The van der Waals surface area contributed by atoms with Gasteiger partial charge in [-0.05, 0) is 26.0 Å². The summed E-state index contributed by atoms with van der Waals surface area (Å²) >= 11 is 1.75. The van der Waals surface area contributed by atoms with Gasteiger partial charge >= 0.3 is 0 Å². The van der Waals surface area contributed by atoms with Gasteiger partial charge in [0.2, 0.25) is 0 Å². The van der Waals surface area contributed by atoms with Crippen molar-refractivity contribution in [2.75, 3.05) is 13.7 Å². The summed E-state index contributed by atoms with van der Waals surface area (Å²) in [6.07, 6.45) is 4.07. The highest BCUT2D eigenvalue weighted by Gasteiger charge is 2.21. The minimum Gasteiger partial charge on any atom is -0.384 e. The fourth-order valence-electron chi connectivity index (χ4n) is 1.87. The zero-order valence-electron chi connectivity index (χ0n) is 9.57. The Labute approximate surface area is 101 Å². The molecule has 2 nitrogen and oxygen atoms in total. The van der Waals surface area contributed by atoms with Crippen LogP contribution in [0.1, 0.15) is 29.7 Å². The SMILES string of the molecule is CN(Cc1cc(C#CCO)cs1)C1CCC1. The van der Waals surface area contributed by atoms with E-state index in [0.717, 1.165) is 18.2 Å². The molecule has 16 heavy (non-hydrogen) atoms. The first-order chi connectivity index (χ1) is 7.79. The van der Waals surface area contributed by atoms with E-state index in [0.29, 0.717) is 0 Å². The molecule has 0 radical (unpaired) electrons. The number of nitrogens with zero attached hydrogens (tertiary/aromatic N) is 1. The Kier molecular flexibility index (Phi) is 4.00. The number of aliphatic hydroxyl groups excluding tert-OH is 1. The van der Waals surface area contributed by atoms with Gasteiger partial charge in [-0.2, -0.15) is 0 Å². The van der Waals surface area contributed by atoms with Crippen LogP contribution in [-0.2, 0) is 6.54 Å². The maximum Gasteiger partial charge on any atom is 0.104 e. The van der Waals surface area contributed by atoms with Crippen LogP contribution in [0.25, 0.3) is 0 Å². The van der Waals surface area contributed by atoms with Gasteiger partial charge in [-0.25, -0.2) is 0 Å². The van der Waals surface area contributed by atoms with E-state index < -0.39 is 0 Å². The van der Waals surface area contributed by atoms with Crippen LogP contribution in [0.5, 0.6) is 0 Å². The molecule has 0 saturated heterocycles. The molecule has 0 amide bonds. The van der Waals surface area contributed by atoms with Crippen LogP contribution in [0.3, 0.4) is 0 Å². The molecule has 1 aromatic rings. The zero-order chi connectivity index (χ0) is 11.4. The van der Waals surface area contributed by atoms with Crippen molar-refractivity contribution >= 4 is 11.3 Å². The van der Waals surface area contributed by atoms with Gasteiger partial charge in [0.25, 0.3) is 0 Å². The van der Waals surface area contributed by atoms with E-state index in [2.05, 4.69) is 35.2 Å². The van der Waals surface area contributed by atoms with Gasteiger partial charge in [-0.1, -0.05) is 18.3 Å². The molecule has 1 fully saturated rings. The van der Waals surface area contributed by atoms with E-state index in [1.165, 1.54) is 24.1 Å². The molecule has 1 heterocycles. The Morgan fingerprint density at radius 3 is 3.00 bits per heavy atom. The highest BCUT2D eigenvalue weighted by molar-refractivity contribution is 7.10. The first-order valence-corrected chi connectivity index (χ1v) is 6.55. The molecule has 0 bridgehead atoms. The second-order valence-corrected chi connectivity index (χ2v) is 5.26. The van der Waals surface area contributed by atoms with Gasteiger partial charge in [0.15, 0.2) is 0 Å². The minimum atomic E-state index is -0.0623. The van der Waals surface area contributed by atoms with Crippen molar-refractivity contribution in [3.63, 3.8) is 0 Å². The first-order valence-electron chi connectivity index (χ1n) is 5.67. The highest BCUT2D eigenvalue weighted by Crippen LogP contribution is 2.26. The number of aliphatic hydroxyl groups is 1. The van der Waals surface area contributed by atoms with Crippen molar-refractivity contribution in [2.45, 2.75) is 31.8 Å². The monoisotopic (exact) mass is 235 g/mol. The van der Waals surface area contributed by atoms with Crippen LogP contribution in [-0.4, -0.2) is 29.7 Å². The predicted molar refractivity (Wildman–Crippen MR) is 67.4 cm³/mol. The third kappa shape index (κ3) is 2.85. The van der Waals surface area contributed by atoms with Gasteiger partial charge in [-0.3, -0.25) is 4.90 Å². The molecular weight excluding hydrogens is 218 g/mol. The summed E-state index contributed by atoms with van der Waals surface area (Å²) in [6.45, 7) is 0.962. The van der Waals surface area contributed by atoms with Gasteiger partial charge < -0.3 is 5.11 Å². The molecule has 1 aliphatic rings. The summed E-state index contributed by atoms with van der Waals surface area (Å²) < 4.78 is 0. The van der Waals surface area contributed by atoms with Crippen LogP contribution < -0.4 is 0 Å². The van der Waals surface area contributed by atoms with E-state index >= 15 is 0 Å². The molecule has 0 atom stereocenters. The predicted octanol–water partition coefficient (Wildman–Crippen LogP) is 2.08. The normalized spacial score (nSPS) is 15.7. The second kappa shape index (κ2) is 5.49. The molecule has 1 aromatic heterocycles. The molecule has 3 heteroatoms. The van der Waals surface area contributed by atoms with Crippen molar-refractivity contribution in [1.82, 2.24) is 4.90 Å². The minimum absolute atomic E-state index is 0.0623. The lowest BCUT2D eigenvalue weighted by Crippen LogP contribution is -2.36. The van der Waals surface area contributed by atoms with Crippen LogP contribution in [0, 0.1) is 11.8 Å². The molecule has 0 aliphatic heterocycles. The number of rotatable bonds is 3. The van der Waals surface area contributed by atoms with Crippen LogP contribution in [0.2, 0.25) is 0 Å². The Hall–Kier alpha value is -0.820. The van der Waals surface area contributed by atoms with E-state index in [1.807, 2.05) is 0 Å². The van der Waals surface area contributed by atoms with Crippen molar-refractivity contribution in [1.29, 1.82) is 0 Å². The fourth-order valence-corrected chi connectivity index (χ4v) is 2.75. The molecule has 0 aromatic carbocycles. The topological polar surface area (TPSA) is 23.5 Å². The van der Waals surface area contributed by atoms with E-state index in [1.54, 1.807) is 11.3 Å². The third-order valence-corrected chi connectivity index (χ3v) is 3.99. The molecule has 0 unspecified atom stereocenters. The summed E-state index contributed by atoms with van der Waals surface area (Å²) in [5.41, 5.74) is 1.02. The van der Waals surface area contributed by atoms with Gasteiger partial charge in [0.1, 0.15) is 6.61 Å². The van der Waals surface area contributed by atoms with E-state index in [9.17, 15) is 0 Å². The molecule has 1 saturated carbocycles. The van der Waals surface area contributed by atoms with E-state index in [4.69, 9.17) is 5.11 Å². The van der Waals surface area contributed by atoms with E-state index in [-0.39, 0.29) is 6.61 Å². The maximum atomic E-state index is 8.61. The fraction of sp³-hybridized carbons (Fsp3) is 0.538. The van der Waals surface area contributed by atoms with Gasteiger partial charge in [0, 0.05) is 28.4 Å². The number of thiophene rings is 1. The lowest BCUT2D eigenvalue weighted by atomic mass is 9.92. The van der Waals surface area contributed by atoms with Crippen LogP contribution >= 0.6 is 11.3 Å².